The van der Waals surface area contributed by atoms with E-state index < -0.39 is 5.97 Å². The molecule has 1 N–H and O–H groups in total. The molecule has 16 heavy (non-hydrogen) atoms. The summed E-state index contributed by atoms with van der Waals surface area (Å²) in [5, 5.41) is 9.81. The predicted molar refractivity (Wildman–Crippen MR) is 64.2 cm³/mol. The van der Waals surface area contributed by atoms with E-state index in [1.54, 1.807) is 11.7 Å². The van der Waals surface area contributed by atoms with Gasteiger partial charge in [0.2, 0.25) is 0 Å². The monoisotopic (exact) mass is 254 g/mol. The summed E-state index contributed by atoms with van der Waals surface area (Å²) in [5.74, 6) is -0.892. The van der Waals surface area contributed by atoms with Gasteiger partial charge in [-0.1, -0.05) is 13.3 Å². The first-order chi connectivity index (χ1) is 7.72. The molecule has 0 aliphatic heterocycles. The van der Waals surface area contributed by atoms with Crippen molar-refractivity contribution in [1.29, 1.82) is 0 Å². The Balaban J connectivity index is 2.42. The number of thiazole rings is 2. The fourth-order valence-electron chi connectivity index (χ4n) is 1.35. The zero-order valence-electron chi connectivity index (χ0n) is 8.64. The van der Waals surface area contributed by atoms with Gasteiger partial charge in [-0.15, -0.1) is 22.7 Å². The van der Waals surface area contributed by atoms with Crippen LogP contribution < -0.4 is 0 Å². The minimum Gasteiger partial charge on any atom is -0.477 e. The lowest BCUT2D eigenvalue weighted by Crippen LogP contribution is -1.98. The Kier molecular flexibility index (Phi) is 3.31. The molecule has 0 bridgehead atoms. The Bertz CT molecular complexity index is 491. The van der Waals surface area contributed by atoms with E-state index in [4.69, 9.17) is 5.11 Å². The highest BCUT2D eigenvalue weighted by Crippen LogP contribution is 2.30. The number of aryl methyl sites for hydroxylation is 1. The fourth-order valence-corrected chi connectivity index (χ4v) is 2.98. The maximum atomic E-state index is 11.0. The average Bonchev–Trinajstić information content (AvgIpc) is 2.83. The van der Waals surface area contributed by atoms with Crippen LogP contribution in [0.3, 0.4) is 0 Å². The van der Waals surface area contributed by atoms with Crippen molar-refractivity contribution >= 4 is 28.6 Å². The van der Waals surface area contributed by atoms with Gasteiger partial charge in [0.1, 0.15) is 9.88 Å². The van der Waals surface area contributed by atoms with E-state index in [1.165, 1.54) is 22.7 Å². The minimum atomic E-state index is -0.892. The SMILES string of the molecule is CCCc1nc(-c2cncs2)sc1C(=O)O. The second-order valence-corrected chi connectivity index (χ2v) is 5.10. The fraction of sp³-hybridized carbons (Fsp3) is 0.300. The molecular formula is C10H10N2O2S2. The lowest BCUT2D eigenvalue weighted by molar-refractivity contribution is 0.0700. The number of carboxylic acids is 1. The van der Waals surface area contributed by atoms with Crippen molar-refractivity contribution in [3.63, 3.8) is 0 Å². The quantitative estimate of drug-likeness (QED) is 0.911. The molecule has 0 fully saturated rings. The standard InChI is InChI=1S/C10H10N2O2S2/c1-2-3-6-8(10(13)14)16-9(12-6)7-4-11-5-15-7/h4-5H,2-3H2,1H3,(H,13,14). The van der Waals surface area contributed by atoms with Crippen LogP contribution in [0.15, 0.2) is 11.7 Å². The van der Waals surface area contributed by atoms with Crippen molar-refractivity contribution in [2.75, 3.05) is 0 Å². The van der Waals surface area contributed by atoms with Gasteiger partial charge in [-0.2, -0.15) is 0 Å². The number of aromatic nitrogens is 2. The highest BCUT2D eigenvalue weighted by Gasteiger charge is 2.17. The zero-order chi connectivity index (χ0) is 11.5. The molecule has 0 aliphatic carbocycles. The van der Waals surface area contributed by atoms with Crippen LogP contribution in [0.1, 0.15) is 28.7 Å². The number of carboxylic acid groups (broad SMARTS) is 1. The number of aromatic carboxylic acids is 1. The van der Waals surface area contributed by atoms with Gasteiger partial charge in [0.05, 0.1) is 16.1 Å². The van der Waals surface area contributed by atoms with Crippen LogP contribution in [0.2, 0.25) is 0 Å². The van der Waals surface area contributed by atoms with E-state index in [1.807, 2.05) is 6.92 Å². The first-order valence-corrected chi connectivity index (χ1v) is 6.53. The average molecular weight is 254 g/mol. The van der Waals surface area contributed by atoms with Crippen LogP contribution in [0.4, 0.5) is 0 Å². The summed E-state index contributed by atoms with van der Waals surface area (Å²) in [5.41, 5.74) is 2.40. The second-order valence-electron chi connectivity index (χ2n) is 3.22. The van der Waals surface area contributed by atoms with Crippen LogP contribution in [-0.4, -0.2) is 21.0 Å². The van der Waals surface area contributed by atoms with Crippen LogP contribution in [-0.2, 0) is 6.42 Å². The van der Waals surface area contributed by atoms with Gasteiger partial charge in [-0.3, -0.25) is 4.98 Å². The molecule has 0 unspecified atom stereocenters. The normalized spacial score (nSPS) is 10.6. The molecule has 84 valence electrons. The van der Waals surface area contributed by atoms with Crippen molar-refractivity contribution in [3.8, 4) is 9.88 Å². The van der Waals surface area contributed by atoms with E-state index in [9.17, 15) is 4.79 Å². The summed E-state index contributed by atoms with van der Waals surface area (Å²) in [7, 11) is 0. The summed E-state index contributed by atoms with van der Waals surface area (Å²) in [4.78, 5) is 20.7. The third-order valence-corrected chi connectivity index (χ3v) is 4.05. The lowest BCUT2D eigenvalue weighted by Gasteiger charge is -1.92. The third-order valence-electron chi connectivity index (χ3n) is 2.02. The molecule has 4 nitrogen and oxygen atoms in total. The molecule has 2 heterocycles. The Morgan fingerprint density at radius 1 is 1.56 bits per heavy atom. The van der Waals surface area contributed by atoms with Crippen molar-refractivity contribution in [3.05, 3.63) is 22.3 Å². The van der Waals surface area contributed by atoms with E-state index in [0.717, 1.165) is 16.3 Å². The van der Waals surface area contributed by atoms with E-state index in [2.05, 4.69) is 9.97 Å². The van der Waals surface area contributed by atoms with Crippen molar-refractivity contribution in [2.24, 2.45) is 0 Å². The molecule has 0 aliphatic rings. The Morgan fingerprint density at radius 2 is 2.38 bits per heavy atom. The third kappa shape index (κ3) is 2.12. The molecular weight excluding hydrogens is 244 g/mol. The molecule has 0 amide bonds. The predicted octanol–water partition coefficient (Wildman–Crippen LogP) is 2.92. The first kappa shape index (κ1) is 11.2. The van der Waals surface area contributed by atoms with Gasteiger partial charge >= 0.3 is 5.97 Å². The number of hydrogen-bond donors (Lipinski definition) is 1. The van der Waals surface area contributed by atoms with Crippen LogP contribution >= 0.6 is 22.7 Å². The van der Waals surface area contributed by atoms with Crippen LogP contribution in [0.25, 0.3) is 9.88 Å². The number of carbonyl (C=O) groups is 1. The molecule has 0 spiro atoms. The summed E-state index contributed by atoms with van der Waals surface area (Å²) in [6, 6.07) is 0. The van der Waals surface area contributed by atoms with Gasteiger partial charge in [0.25, 0.3) is 0 Å². The largest absolute Gasteiger partial charge is 0.477 e. The van der Waals surface area contributed by atoms with E-state index in [0.29, 0.717) is 17.0 Å². The van der Waals surface area contributed by atoms with E-state index in [-0.39, 0.29) is 0 Å². The highest BCUT2D eigenvalue weighted by atomic mass is 32.1. The second kappa shape index (κ2) is 4.71. The molecule has 2 aromatic rings. The van der Waals surface area contributed by atoms with Crippen LogP contribution in [0.5, 0.6) is 0 Å². The van der Waals surface area contributed by atoms with Gasteiger partial charge < -0.3 is 5.11 Å². The summed E-state index contributed by atoms with van der Waals surface area (Å²) in [6.07, 6.45) is 3.31. The summed E-state index contributed by atoms with van der Waals surface area (Å²) in [6.45, 7) is 2.01. The minimum absolute atomic E-state index is 0.352. The van der Waals surface area contributed by atoms with Gasteiger partial charge in [0.15, 0.2) is 0 Å². The van der Waals surface area contributed by atoms with Gasteiger partial charge in [0, 0.05) is 6.20 Å². The molecule has 0 atom stereocenters. The maximum absolute atomic E-state index is 11.0. The topological polar surface area (TPSA) is 63.1 Å². The van der Waals surface area contributed by atoms with Crippen LogP contribution in [0, 0.1) is 0 Å². The van der Waals surface area contributed by atoms with Crippen molar-refractivity contribution < 1.29 is 9.90 Å². The molecule has 0 saturated heterocycles. The molecule has 2 rings (SSSR count). The molecule has 6 heteroatoms. The van der Waals surface area contributed by atoms with Crippen molar-refractivity contribution in [2.45, 2.75) is 19.8 Å². The van der Waals surface area contributed by atoms with Gasteiger partial charge in [-0.25, -0.2) is 9.78 Å². The number of nitrogens with zero attached hydrogens (tertiary/aromatic N) is 2. The van der Waals surface area contributed by atoms with Crippen molar-refractivity contribution in [1.82, 2.24) is 9.97 Å². The highest BCUT2D eigenvalue weighted by molar-refractivity contribution is 7.21. The smallest absolute Gasteiger partial charge is 0.347 e. The zero-order valence-corrected chi connectivity index (χ0v) is 10.3. The lowest BCUT2D eigenvalue weighted by atomic mass is 10.2. The van der Waals surface area contributed by atoms with Gasteiger partial charge in [-0.05, 0) is 6.42 Å². The molecule has 0 radical (unpaired) electrons. The molecule has 2 aromatic heterocycles. The number of rotatable bonds is 4. The summed E-state index contributed by atoms with van der Waals surface area (Å²) < 4.78 is 0. The Labute approximate surface area is 101 Å². The first-order valence-electron chi connectivity index (χ1n) is 4.84. The maximum Gasteiger partial charge on any atom is 0.347 e. The molecule has 0 aromatic carbocycles. The Morgan fingerprint density at radius 3 is 2.94 bits per heavy atom. The number of hydrogen-bond acceptors (Lipinski definition) is 5. The summed E-state index contributed by atoms with van der Waals surface area (Å²) >= 11 is 2.70. The molecule has 0 saturated carbocycles. The van der Waals surface area contributed by atoms with E-state index >= 15 is 0 Å². The Hall–Kier alpha value is -1.27.